The smallest absolute Gasteiger partial charge is 0.313 e. The molecule has 1 saturated heterocycles. The molecule has 2 fully saturated rings. The quantitative estimate of drug-likeness (QED) is 0.753. The number of nitrogens with zero attached hydrogens (tertiary/aromatic N) is 3. The molecule has 2 aromatic rings. The van der Waals surface area contributed by atoms with Gasteiger partial charge in [0.15, 0.2) is 0 Å². The number of fused-ring (bicyclic) bond motifs is 2. The molecule has 1 amide bonds. The number of pyridine rings is 1. The number of para-hydroxylation sites is 1. The van der Waals surface area contributed by atoms with Gasteiger partial charge in [-0.15, -0.1) is 0 Å². The highest BCUT2D eigenvalue weighted by molar-refractivity contribution is 6.07. The molecule has 0 spiro atoms. The lowest BCUT2D eigenvalue weighted by atomic mass is 9.81. The number of hydrogen-bond acceptors (Lipinski definition) is 5. The van der Waals surface area contributed by atoms with E-state index in [2.05, 4.69) is 16.0 Å². The number of esters is 1. The fourth-order valence-electron chi connectivity index (χ4n) is 5.41. The first-order valence-corrected chi connectivity index (χ1v) is 10.3. The number of hydrogen-bond donors (Lipinski definition) is 0. The molecule has 1 saturated carbocycles. The zero-order chi connectivity index (χ0) is 20.0. The van der Waals surface area contributed by atoms with Crippen molar-refractivity contribution in [3.8, 4) is 0 Å². The number of anilines is 2. The highest BCUT2D eigenvalue weighted by Gasteiger charge is 2.55. The molecular weight excluding hydrogens is 366 g/mol. The molecule has 3 aliphatic rings. The summed E-state index contributed by atoms with van der Waals surface area (Å²) in [6.07, 6.45) is 5.56. The topological polar surface area (TPSA) is 62.7 Å². The maximum atomic E-state index is 13.0. The van der Waals surface area contributed by atoms with Crippen molar-refractivity contribution in [2.75, 3.05) is 36.5 Å². The third-order valence-corrected chi connectivity index (χ3v) is 6.91. The van der Waals surface area contributed by atoms with Crippen molar-refractivity contribution in [1.29, 1.82) is 0 Å². The minimum absolute atomic E-state index is 0.0154. The first-order chi connectivity index (χ1) is 14.1. The van der Waals surface area contributed by atoms with Gasteiger partial charge in [0.25, 0.3) is 5.91 Å². The zero-order valence-electron chi connectivity index (χ0n) is 16.6. The molecule has 2 unspecified atom stereocenters. The Hall–Kier alpha value is -2.89. The second-order valence-corrected chi connectivity index (χ2v) is 8.36. The van der Waals surface area contributed by atoms with Gasteiger partial charge in [0, 0.05) is 31.5 Å². The van der Waals surface area contributed by atoms with Crippen LogP contribution in [0.4, 0.5) is 11.5 Å². The van der Waals surface area contributed by atoms with Crippen LogP contribution < -0.4 is 9.80 Å². The number of rotatable bonds is 3. The van der Waals surface area contributed by atoms with Gasteiger partial charge in [-0.1, -0.05) is 24.6 Å². The van der Waals surface area contributed by atoms with E-state index in [1.54, 1.807) is 6.20 Å². The van der Waals surface area contributed by atoms with Crippen molar-refractivity contribution in [2.45, 2.75) is 25.7 Å². The van der Waals surface area contributed by atoms with Gasteiger partial charge in [0.1, 0.15) is 5.82 Å². The molecule has 2 aliphatic heterocycles. The molecule has 150 valence electrons. The van der Waals surface area contributed by atoms with Crippen molar-refractivity contribution in [3.05, 3.63) is 53.7 Å². The van der Waals surface area contributed by atoms with Crippen LogP contribution in [0.1, 0.15) is 35.2 Å². The Kier molecular flexibility index (Phi) is 4.30. The van der Waals surface area contributed by atoms with Crippen LogP contribution in [0, 0.1) is 11.3 Å². The van der Waals surface area contributed by atoms with Gasteiger partial charge >= 0.3 is 5.97 Å². The highest BCUT2D eigenvalue weighted by Crippen LogP contribution is 2.50. The van der Waals surface area contributed by atoms with Crippen LogP contribution in [-0.4, -0.2) is 43.6 Å². The summed E-state index contributed by atoms with van der Waals surface area (Å²) >= 11 is 0. The number of carbonyl (C=O) groups excluding carboxylic acids is 2. The van der Waals surface area contributed by atoms with E-state index in [0.717, 1.165) is 43.7 Å². The van der Waals surface area contributed by atoms with Gasteiger partial charge in [0.2, 0.25) is 0 Å². The molecule has 3 heterocycles. The van der Waals surface area contributed by atoms with Gasteiger partial charge in [-0.3, -0.25) is 9.59 Å². The van der Waals surface area contributed by atoms with Crippen molar-refractivity contribution in [1.82, 2.24) is 4.98 Å². The molecule has 2 atom stereocenters. The lowest BCUT2D eigenvalue weighted by Crippen LogP contribution is -2.37. The maximum Gasteiger partial charge on any atom is 0.313 e. The number of amides is 1. The molecule has 0 bridgehead atoms. The number of aromatic nitrogens is 1. The summed E-state index contributed by atoms with van der Waals surface area (Å²) in [6, 6.07) is 11.8. The average molecular weight is 391 g/mol. The highest BCUT2D eigenvalue weighted by atomic mass is 16.5. The van der Waals surface area contributed by atoms with E-state index >= 15 is 0 Å². The molecule has 1 aliphatic carbocycles. The lowest BCUT2D eigenvalue weighted by molar-refractivity contribution is -0.152. The second-order valence-electron chi connectivity index (χ2n) is 8.36. The molecule has 1 aromatic carbocycles. The molecule has 0 N–H and O–H groups in total. The molecule has 29 heavy (non-hydrogen) atoms. The van der Waals surface area contributed by atoms with Crippen LogP contribution in [0.15, 0.2) is 42.6 Å². The Bertz CT molecular complexity index is 958. The van der Waals surface area contributed by atoms with E-state index < -0.39 is 5.41 Å². The fourth-order valence-corrected chi connectivity index (χ4v) is 5.41. The number of carbonyl (C=O) groups is 2. The normalized spacial score (nSPS) is 25.1. The van der Waals surface area contributed by atoms with Gasteiger partial charge in [-0.05, 0) is 48.9 Å². The fraction of sp³-hybridized carbons (Fsp3) is 0.435. The molecular formula is C23H25N3O3. The monoisotopic (exact) mass is 391 g/mol. The summed E-state index contributed by atoms with van der Waals surface area (Å²) in [7, 11) is 1.48. The maximum absolute atomic E-state index is 13.0. The molecule has 5 rings (SSSR count). The Morgan fingerprint density at radius 2 is 2.07 bits per heavy atom. The van der Waals surface area contributed by atoms with Crippen molar-refractivity contribution >= 4 is 23.4 Å². The van der Waals surface area contributed by atoms with E-state index in [1.165, 1.54) is 12.7 Å². The van der Waals surface area contributed by atoms with Crippen LogP contribution in [0.5, 0.6) is 0 Å². The molecule has 6 nitrogen and oxygen atoms in total. The first kappa shape index (κ1) is 18.2. The summed E-state index contributed by atoms with van der Waals surface area (Å²) < 4.78 is 5.12. The van der Waals surface area contributed by atoms with Gasteiger partial charge in [0.05, 0.1) is 18.1 Å². The van der Waals surface area contributed by atoms with Crippen molar-refractivity contribution in [3.63, 3.8) is 0 Å². The minimum atomic E-state index is -0.399. The van der Waals surface area contributed by atoms with Gasteiger partial charge in [-0.25, -0.2) is 4.98 Å². The number of ether oxygens (including phenoxy) is 1. The molecule has 1 aromatic heterocycles. The molecule has 0 radical (unpaired) electrons. The van der Waals surface area contributed by atoms with Gasteiger partial charge < -0.3 is 14.5 Å². The zero-order valence-corrected chi connectivity index (χ0v) is 16.6. The second kappa shape index (κ2) is 6.87. The van der Waals surface area contributed by atoms with E-state index in [4.69, 9.17) is 4.74 Å². The van der Waals surface area contributed by atoms with Crippen LogP contribution in [-0.2, 0) is 16.0 Å². The lowest BCUT2D eigenvalue weighted by Gasteiger charge is -2.25. The number of benzene rings is 1. The van der Waals surface area contributed by atoms with Crippen molar-refractivity contribution in [2.24, 2.45) is 11.3 Å². The van der Waals surface area contributed by atoms with E-state index in [9.17, 15) is 9.59 Å². The van der Waals surface area contributed by atoms with Crippen molar-refractivity contribution < 1.29 is 14.3 Å². The standard InChI is InChI=1S/C23H25N3O3/c1-29-22(28)23-11-4-6-18(23)14-25(15-23)20-9-8-17(13-24-20)21(27)26-12-10-16-5-2-3-7-19(16)26/h2-3,5,7-9,13,18H,4,6,10-12,14-15H2,1H3. The summed E-state index contributed by atoms with van der Waals surface area (Å²) in [6.45, 7) is 2.16. The Labute approximate surface area is 170 Å². The SMILES string of the molecule is COC(=O)C12CCCC1CN(c1ccc(C(=O)N3CCc4ccccc43)cn1)C2. The third-order valence-electron chi connectivity index (χ3n) is 6.91. The predicted molar refractivity (Wildman–Crippen MR) is 110 cm³/mol. The summed E-state index contributed by atoms with van der Waals surface area (Å²) in [5.41, 5.74) is 2.40. The Morgan fingerprint density at radius 3 is 2.86 bits per heavy atom. The summed E-state index contributed by atoms with van der Waals surface area (Å²) in [4.78, 5) is 34.0. The predicted octanol–water partition coefficient (Wildman–Crippen LogP) is 3.06. The van der Waals surface area contributed by atoms with E-state index in [-0.39, 0.29) is 11.9 Å². The Balaban J connectivity index is 1.34. The summed E-state index contributed by atoms with van der Waals surface area (Å²) in [5.74, 6) is 1.03. The van der Waals surface area contributed by atoms with Crippen LogP contribution in [0.3, 0.4) is 0 Å². The van der Waals surface area contributed by atoms with E-state index in [1.807, 2.05) is 35.2 Å². The average Bonchev–Trinajstić information content (AvgIpc) is 3.45. The number of methoxy groups -OCH3 is 1. The minimum Gasteiger partial charge on any atom is -0.469 e. The third kappa shape index (κ3) is 2.81. The van der Waals surface area contributed by atoms with Crippen LogP contribution in [0.25, 0.3) is 0 Å². The Morgan fingerprint density at radius 1 is 1.21 bits per heavy atom. The van der Waals surface area contributed by atoms with E-state index in [0.29, 0.717) is 24.6 Å². The van der Waals surface area contributed by atoms with Crippen LogP contribution in [0.2, 0.25) is 0 Å². The van der Waals surface area contributed by atoms with Gasteiger partial charge in [-0.2, -0.15) is 0 Å². The van der Waals surface area contributed by atoms with Crippen LogP contribution >= 0.6 is 0 Å². The summed E-state index contributed by atoms with van der Waals surface area (Å²) in [5, 5.41) is 0. The largest absolute Gasteiger partial charge is 0.469 e. The first-order valence-electron chi connectivity index (χ1n) is 10.3. The molecule has 6 heteroatoms.